The van der Waals surface area contributed by atoms with Gasteiger partial charge in [-0.05, 0) is 61.2 Å². The maximum absolute atomic E-state index is 4.74. The maximum Gasteiger partial charge on any atom is 0.0734 e. The second kappa shape index (κ2) is 11.0. The number of hydrogen-bond acceptors (Lipinski definition) is 2. The average Bonchev–Trinajstić information content (AvgIpc) is 2.82. The van der Waals surface area contributed by atoms with Gasteiger partial charge in [0.1, 0.15) is 0 Å². The summed E-state index contributed by atoms with van der Waals surface area (Å²) in [6.45, 7) is 12.7. The van der Waals surface area contributed by atoms with Crippen LogP contribution in [0.1, 0.15) is 76.2 Å². The Morgan fingerprint density at radius 2 is 1.91 bits per heavy atom. The van der Waals surface area contributed by atoms with E-state index in [1.165, 1.54) is 58.5 Å². The molecule has 0 N–H and O–H groups in total. The molecule has 0 aliphatic carbocycles. The molecular weight excluding hydrogens is 366 g/mol. The highest BCUT2D eigenvalue weighted by atomic mass is 79.9. The highest BCUT2D eigenvalue weighted by Gasteiger charge is 2.10. The molecule has 0 spiro atoms. The molecule has 1 aromatic rings. The van der Waals surface area contributed by atoms with Crippen molar-refractivity contribution in [1.82, 2.24) is 0 Å². The van der Waals surface area contributed by atoms with E-state index >= 15 is 0 Å². The summed E-state index contributed by atoms with van der Waals surface area (Å²) in [5, 5.41) is 0. The Hall–Kier alpha value is -0.670. The summed E-state index contributed by atoms with van der Waals surface area (Å²) in [5.41, 5.74) is 4.48. The van der Waals surface area contributed by atoms with E-state index < -0.39 is 0 Å². The highest BCUT2D eigenvalue weighted by Crippen LogP contribution is 2.35. The molecule has 0 aliphatic heterocycles. The minimum Gasteiger partial charge on any atom is -0.258 e. The highest BCUT2D eigenvalue weighted by molar-refractivity contribution is 9.11. The van der Waals surface area contributed by atoms with Crippen LogP contribution in [0.25, 0.3) is 5.57 Å². The summed E-state index contributed by atoms with van der Waals surface area (Å²) in [6, 6.07) is 2.20. The zero-order valence-electron chi connectivity index (χ0n) is 15.0. The zero-order chi connectivity index (χ0) is 17.2. The summed E-state index contributed by atoms with van der Waals surface area (Å²) < 4.78 is 1.19. The van der Waals surface area contributed by atoms with Crippen molar-refractivity contribution in [3.8, 4) is 0 Å². The number of halogens is 1. The minimum atomic E-state index is 0.879. The van der Waals surface area contributed by atoms with Crippen LogP contribution in [-0.4, -0.2) is 5.71 Å². The monoisotopic (exact) mass is 395 g/mol. The van der Waals surface area contributed by atoms with Crippen molar-refractivity contribution in [3.63, 3.8) is 0 Å². The number of unbranched alkanes of at least 4 members (excludes halogenated alkanes) is 5. The van der Waals surface area contributed by atoms with Crippen molar-refractivity contribution in [1.29, 1.82) is 0 Å². The Bertz CT molecular complexity index is 547. The molecule has 0 unspecified atom stereocenters. The number of nitrogens with zero attached hydrogens (tertiary/aromatic N) is 1. The Kier molecular flexibility index (Phi) is 9.73. The fourth-order valence-corrected chi connectivity index (χ4v) is 4.18. The van der Waals surface area contributed by atoms with Crippen molar-refractivity contribution >= 4 is 38.6 Å². The van der Waals surface area contributed by atoms with Gasteiger partial charge in [0.25, 0.3) is 0 Å². The van der Waals surface area contributed by atoms with Gasteiger partial charge < -0.3 is 0 Å². The third-order valence-corrected chi connectivity index (χ3v) is 6.11. The SMILES string of the molecule is C=C(N=C(C)CCCCCCCC)C(=CC)c1cc(C)c(Br)s1. The lowest BCUT2D eigenvalue weighted by Gasteiger charge is -2.07. The van der Waals surface area contributed by atoms with Gasteiger partial charge in [0.2, 0.25) is 0 Å². The second-order valence-electron chi connectivity index (χ2n) is 6.08. The number of hydrogen-bond donors (Lipinski definition) is 0. The molecule has 0 amide bonds. The molecule has 23 heavy (non-hydrogen) atoms. The standard InChI is InChI=1S/C20H30BrNS/c1-6-8-9-10-11-12-13-16(4)22-17(5)18(7-2)19-14-15(3)20(21)23-19/h7,14H,5-6,8-13H2,1-4H3. The topological polar surface area (TPSA) is 12.4 Å². The van der Waals surface area contributed by atoms with Crippen molar-refractivity contribution in [2.24, 2.45) is 4.99 Å². The quantitative estimate of drug-likeness (QED) is 0.216. The summed E-state index contributed by atoms with van der Waals surface area (Å²) >= 11 is 5.35. The van der Waals surface area contributed by atoms with Gasteiger partial charge in [0.15, 0.2) is 0 Å². The van der Waals surface area contributed by atoms with Crippen molar-refractivity contribution < 1.29 is 0 Å². The minimum absolute atomic E-state index is 0.879. The number of rotatable bonds is 10. The van der Waals surface area contributed by atoms with Gasteiger partial charge in [-0.25, -0.2) is 0 Å². The van der Waals surface area contributed by atoms with E-state index in [0.29, 0.717) is 0 Å². The Morgan fingerprint density at radius 1 is 1.26 bits per heavy atom. The maximum atomic E-state index is 4.74. The molecule has 0 aromatic carbocycles. The van der Waals surface area contributed by atoms with Gasteiger partial charge in [0.05, 0.1) is 9.48 Å². The van der Waals surface area contributed by atoms with Crippen LogP contribution in [-0.2, 0) is 0 Å². The van der Waals surface area contributed by atoms with Gasteiger partial charge in [-0.1, -0.05) is 51.7 Å². The molecule has 0 fully saturated rings. The molecule has 1 aromatic heterocycles. The van der Waals surface area contributed by atoms with E-state index in [2.05, 4.69) is 62.3 Å². The Labute approximate surface area is 154 Å². The van der Waals surface area contributed by atoms with Crippen LogP contribution in [0.4, 0.5) is 0 Å². The summed E-state index contributed by atoms with van der Waals surface area (Å²) in [4.78, 5) is 5.98. The molecule has 0 saturated heterocycles. The molecular formula is C20H30BrNS. The van der Waals surface area contributed by atoms with E-state index in [0.717, 1.165) is 17.7 Å². The summed E-state index contributed by atoms with van der Waals surface area (Å²) in [7, 11) is 0. The van der Waals surface area contributed by atoms with Crippen LogP contribution in [0.5, 0.6) is 0 Å². The fourth-order valence-electron chi connectivity index (χ4n) is 2.55. The largest absolute Gasteiger partial charge is 0.258 e. The molecule has 0 bridgehead atoms. The number of aryl methyl sites for hydroxylation is 1. The van der Waals surface area contributed by atoms with E-state index in [1.54, 1.807) is 11.3 Å². The Balaban J connectivity index is 2.54. The number of aliphatic imine (C=N–C) groups is 1. The van der Waals surface area contributed by atoms with Crippen molar-refractivity contribution in [2.45, 2.75) is 72.6 Å². The van der Waals surface area contributed by atoms with Gasteiger partial charge >= 0.3 is 0 Å². The van der Waals surface area contributed by atoms with Crippen LogP contribution >= 0.6 is 27.3 Å². The normalized spacial score (nSPS) is 12.7. The molecule has 1 heterocycles. The number of allylic oxidation sites excluding steroid dienone is 2. The molecule has 0 radical (unpaired) electrons. The van der Waals surface area contributed by atoms with Crippen LogP contribution in [0.2, 0.25) is 0 Å². The third kappa shape index (κ3) is 7.17. The average molecular weight is 396 g/mol. The smallest absolute Gasteiger partial charge is 0.0734 e. The van der Waals surface area contributed by atoms with Gasteiger partial charge in [-0.15, -0.1) is 11.3 Å². The molecule has 0 saturated carbocycles. The lowest BCUT2D eigenvalue weighted by Crippen LogP contribution is -1.94. The molecule has 128 valence electrons. The van der Waals surface area contributed by atoms with Gasteiger partial charge in [0, 0.05) is 16.2 Å². The number of thiophene rings is 1. The van der Waals surface area contributed by atoms with Crippen LogP contribution in [0, 0.1) is 6.92 Å². The summed E-state index contributed by atoms with van der Waals surface area (Å²) in [5.74, 6) is 0. The first-order valence-electron chi connectivity index (χ1n) is 8.65. The van der Waals surface area contributed by atoms with E-state index in [1.807, 2.05) is 0 Å². The van der Waals surface area contributed by atoms with E-state index in [9.17, 15) is 0 Å². The van der Waals surface area contributed by atoms with E-state index in [4.69, 9.17) is 4.99 Å². The van der Waals surface area contributed by atoms with Gasteiger partial charge in [-0.2, -0.15) is 0 Å². The zero-order valence-corrected chi connectivity index (χ0v) is 17.4. The molecule has 0 aliphatic rings. The van der Waals surface area contributed by atoms with Crippen LogP contribution in [0.15, 0.2) is 33.2 Å². The first kappa shape index (κ1) is 20.4. The molecule has 0 atom stereocenters. The molecule has 3 heteroatoms. The first-order valence-corrected chi connectivity index (χ1v) is 10.3. The summed E-state index contributed by atoms with van der Waals surface area (Å²) in [6.07, 6.45) is 11.1. The predicted octanol–water partition coefficient (Wildman–Crippen LogP) is 7.95. The van der Waals surface area contributed by atoms with Crippen molar-refractivity contribution in [2.75, 3.05) is 0 Å². The fraction of sp³-hybridized carbons (Fsp3) is 0.550. The van der Waals surface area contributed by atoms with Gasteiger partial charge in [-0.3, -0.25) is 4.99 Å². The van der Waals surface area contributed by atoms with Crippen molar-refractivity contribution in [3.05, 3.63) is 38.6 Å². The predicted molar refractivity (Wildman–Crippen MR) is 111 cm³/mol. The third-order valence-electron chi connectivity index (χ3n) is 3.94. The van der Waals surface area contributed by atoms with E-state index in [-0.39, 0.29) is 0 Å². The van der Waals surface area contributed by atoms with Crippen LogP contribution in [0.3, 0.4) is 0 Å². The second-order valence-corrected chi connectivity index (χ2v) is 8.45. The molecule has 1 rings (SSSR count). The van der Waals surface area contributed by atoms with Crippen LogP contribution < -0.4 is 0 Å². The molecule has 1 nitrogen and oxygen atoms in total. The Morgan fingerprint density at radius 3 is 2.48 bits per heavy atom. The lowest BCUT2D eigenvalue weighted by molar-refractivity contribution is 0.615. The first-order chi connectivity index (χ1) is 11.0. The lowest BCUT2D eigenvalue weighted by atomic mass is 10.1.